The van der Waals surface area contributed by atoms with Crippen molar-refractivity contribution in [3.8, 4) is 11.5 Å². The third kappa shape index (κ3) is 3.14. The van der Waals surface area contributed by atoms with Crippen LogP contribution in [-0.2, 0) is 20.9 Å². The van der Waals surface area contributed by atoms with Gasteiger partial charge < -0.3 is 19.1 Å². The van der Waals surface area contributed by atoms with Crippen molar-refractivity contribution in [2.24, 2.45) is 0 Å². The Morgan fingerprint density at radius 3 is 2.69 bits per heavy atom. The Bertz CT molecular complexity index is 1350. The first-order valence-electron chi connectivity index (χ1n) is 9.53. The van der Waals surface area contributed by atoms with Crippen molar-refractivity contribution in [3.63, 3.8) is 0 Å². The monoisotopic (exact) mass is 433 g/mol. The number of amides is 4. The SMILES string of the molecule is O=C(O)Cn1cc(/C=C2/C(=O)NC(=O)N(c3ccc4c(c3)OCO4)C2=O)c2ccccc21. The molecule has 3 aromatic rings. The molecule has 10 heteroatoms. The number of hydrogen-bond donors (Lipinski definition) is 2. The van der Waals surface area contributed by atoms with Gasteiger partial charge >= 0.3 is 12.0 Å². The van der Waals surface area contributed by atoms with Crippen LogP contribution in [0, 0.1) is 0 Å². The van der Waals surface area contributed by atoms with Crippen LogP contribution in [0.25, 0.3) is 17.0 Å². The highest BCUT2D eigenvalue weighted by atomic mass is 16.7. The molecule has 5 rings (SSSR count). The lowest BCUT2D eigenvalue weighted by Crippen LogP contribution is -2.54. The Morgan fingerprint density at radius 2 is 1.88 bits per heavy atom. The third-order valence-corrected chi connectivity index (χ3v) is 5.14. The first kappa shape index (κ1) is 19.4. The van der Waals surface area contributed by atoms with Gasteiger partial charge in [0.15, 0.2) is 11.5 Å². The number of para-hydroxylation sites is 1. The molecule has 0 unspecified atom stereocenters. The van der Waals surface area contributed by atoms with E-state index >= 15 is 0 Å². The fourth-order valence-electron chi connectivity index (χ4n) is 3.74. The molecule has 1 saturated heterocycles. The van der Waals surface area contributed by atoms with Crippen molar-refractivity contribution >= 4 is 46.5 Å². The maximum atomic E-state index is 13.2. The smallest absolute Gasteiger partial charge is 0.335 e. The number of carbonyl (C=O) groups is 4. The van der Waals surface area contributed by atoms with E-state index in [-0.39, 0.29) is 24.6 Å². The molecule has 2 N–H and O–H groups in total. The number of ether oxygens (including phenoxy) is 2. The van der Waals surface area contributed by atoms with Crippen LogP contribution in [0.15, 0.2) is 54.2 Å². The van der Waals surface area contributed by atoms with E-state index in [0.717, 1.165) is 4.90 Å². The summed E-state index contributed by atoms with van der Waals surface area (Å²) in [5, 5.41) is 12.0. The van der Waals surface area contributed by atoms with Gasteiger partial charge in [0.25, 0.3) is 11.8 Å². The Hall–Kier alpha value is -4.60. The number of rotatable bonds is 4. The quantitative estimate of drug-likeness (QED) is 0.477. The van der Waals surface area contributed by atoms with E-state index in [1.807, 2.05) is 0 Å². The number of barbiturate groups is 1. The molecule has 0 atom stereocenters. The molecule has 2 aliphatic heterocycles. The summed E-state index contributed by atoms with van der Waals surface area (Å²) in [6.07, 6.45) is 2.90. The average molecular weight is 433 g/mol. The highest BCUT2D eigenvalue weighted by Gasteiger charge is 2.37. The third-order valence-electron chi connectivity index (χ3n) is 5.14. The number of nitrogens with zero attached hydrogens (tertiary/aromatic N) is 2. The van der Waals surface area contributed by atoms with Gasteiger partial charge in [0, 0.05) is 28.7 Å². The minimum atomic E-state index is -1.03. The summed E-state index contributed by atoms with van der Waals surface area (Å²) in [6, 6.07) is 10.7. The van der Waals surface area contributed by atoms with Gasteiger partial charge in [-0.1, -0.05) is 18.2 Å². The number of imide groups is 2. The number of carboxylic acids is 1. The van der Waals surface area contributed by atoms with E-state index in [9.17, 15) is 24.3 Å². The van der Waals surface area contributed by atoms with Crippen LogP contribution in [0.3, 0.4) is 0 Å². The van der Waals surface area contributed by atoms with Gasteiger partial charge in [-0.05, 0) is 24.3 Å². The van der Waals surface area contributed by atoms with Crippen LogP contribution < -0.4 is 19.7 Å². The maximum Gasteiger partial charge on any atom is 0.335 e. The molecule has 1 aromatic heterocycles. The normalized spacial score (nSPS) is 16.7. The van der Waals surface area contributed by atoms with E-state index < -0.39 is 23.8 Å². The second kappa shape index (κ2) is 7.27. The average Bonchev–Trinajstić information content (AvgIpc) is 3.35. The van der Waals surface area contributed by atoms with Crippen molar-refractivity contribution in [2.75, 3.05) is 11.7 Å². The molecular weight excluding hydrogens is 418 g/mol. The lowest BCUT2D eigenvalue weighted by atomic mass is 10.1. The first-order chi connectivity index (χ1) is 15.4. The van der Waals surface area contributed by atoms with Crippen LogP contribution >= 0.6 is 0 Å². The molecule has 0 spiro atoms. The second-order valence-corrected chi connectivity index (χ2v) is 7.12. The molecule has 2 aliphatic rings. The van der Waals surface area contributed by atoms with Crippen molar-refractivity contribution in [1.29, 1.82) is 0 Å². The zero-order valence-electron chi connectivity index (χ0n) is 16.4. The minimum absolute atomic E-state index is 0.0307. The van der Waals surface area contributed by atoms with E-state index in [2.05, 4.69) is 5.32 Å². The Labute approximate surface area is 180 Å². The highest BCUT2D eigenvalue weighted by molar-refractivity contribution is 6.39. The number of anilines is 1. The van der Waals surface area contributed by atoms with E-state index in [1.54, 1.807) is 36.5 Å². The van der Waals surface area contributed by atoms with Gasteiger partial charge in [-0.25, -0.2) is 9.69 Å². The fourth-order valence-corrected chi connectivity index (χ4v) is 3.74. The van der Waals surface area contributed by atoms with Crippen LogP contribution in [-0.4, -0.2) is 40.3 Å². The van der Waals surface area contributed by atoms with Crippen LogP contribution in [0.5, 0.6) is 11.5 Å². The van der Waals surface area contributed by atoms with E-state index in [4.69, 9.17) is 9.47 Å². The number of fused-ring (bicyclic) bond motifs is 2. The van der Waals surface area contributed by atoms with Crippen molar-refractivity contribution < 1.29 is 33.8 Å². The Morgan fingerprint density at radius 1 is 1.09 bits per heavy atom. The van der Waals surface area contributed by atoms with E-state index in [1.165, 1.54) is 22.8 Å². The zero-order valence-corrected chi connectivity index (χ0v) is 16.4. The number of hydrogen-bond acceptors (Lipinski definition) is 6. The van der Waals surface area contributed by atoms with Crippen molar-refractivity contribution in [1.82, 2.24) is 9.88 Å². The molecule has 3 heterocycles. The van der Waals surface area contributed by atoms with Gasteiger partial charge in [0.05, 0.1) is 5.69 Å². The molecule has 0 bridgehead atoms. The molecule has 0 aliphatic carbocycles. The molecular formula is C22H15N3O7. The van der Waals surface area contributed by atoms with E-state index in [0.29, 0.717) is 28.0 Å². The summed E-state index contributed by atoms with van der Waals surface area (Å²) < 4.78 is 12.1. The van der Waals surface area contributed by atoms with Gasteiger partial charge in [0.1, 0.15) is 12.1 Å². The number of benzene rings is 2. The summed E-state index contributed by atoms with van der Waals surface area (Å²) in [5.41, 5.74) is 1.05. The summed E-state index contributed by atoms with van der Waals surface area (Å²) in [6.45, 7) is -0.255. The topological polar surface area (TPSA) is 127 Å². The van der Waals surface area contributed by atoms with Gasteiger partial charge in [-0.2, -0.15) is 0 Å². The van der Waals surface area contributed by atoms with Crippen molar-refractivity contribution in [2.45, 2.75) is 6.54 Å². The number of carboxylic acid groups (broad SMARTS) is 1. The van der Waals surface area contributed by atoms with Gasteiger partial charge in [-0.15, -0.1) is 0 Å². The summed E-state index contributed by atoms with van der Waals surface area (Å²) in [4.78, 5) is 50.2. The maximum absolute atomic E-state index is 13.2. The lowest BCUT2D eigenvalue weighted by molar-refractivity contribution is -0.137. The van der Waals surface area contributed by atoms with Crippen molar-refractivity contribution in [3.05, 3.63) is 59.8 Å². The molecule has 10 nitrogen and oxygen atoms in total. The standard InChI is InChI=1S/C22H15N3O7/c26-19(27)10-24-9-12(14-3-1-2-4-16(14)24)7-15-20(28)23-22(30)25(21(15)29)13-5-6-17-18(8-13)32-11-31-17/h1-9H,10-11H2,(H,26,27)(H,23,28,30)/b15-7-. The largest absolute Gasteiger partial charge is 0.480 e. The van der Waals surface area contributed by atoms with Crippen LogP contribution in [0.4, 0.5) is 10.5 Å². The molecule has 160 valence electrons. The fraction of sp³-hybridized carbons (Fsp3) is 0.0909. The van der Waals surface area contributed by atoms with Gasteiger partial charge in [0.2, 0.25) is 6.79 Å². The molecule has 32 heavy (non-hydrogen) atoms. The zero-order chi connectivity index (χ0) is 22.4. The molecule has 4 amide bonds. The minimum Gasteiger partial charge on any atom is -0.480 e. The summed E-state index contributed by atoms with van der Waals surface area (Å²) in [5.74, 6) is -1.82. The molecule has 1 fully saturated rings. The second-order valence-electron chi connectivity index (χ2n) is 7.12. The predicted octanol–water partition coefficient (Wildman–Crippen LogP) is 2.12. The Kier molecular flexibility index (Phi) is 4.40. The summed E-state index contributed by atoms with van der Waals surface area (Å²) in [7, 11) is 0. The van der Waals surface area contributed by atoms with Crippen LogP contribution in [0.1, 0.15) is 5.56 Å². The number of carbonyl (C=O) groups excluding carboxylic acids is 3. The van der Waals surface area contributed by atoms with Crippen LogP contribution in [0.2, 0.25) is 0 Å². The summed E-state index contributed by atoms with van der Waals surface area (Å²) >= 11 is 0. The number of nitrogens with one attached hydrogen (secondary N) is 1. The number of aromatic nitrogens is 1. The predicted molar refractivity (Wildman–Crippen MR) is 111 cm³/mol. The number of aliphatic carboxylic acids is 1. The molecule has 0 saturated carbocycles. The Balaban J connectivity index is 1.57. The highest BCUT2D eigenvalue weighted by Crippen LogP contribution is 2.36. The first-order valence-corrected chi connectivity index (χ1v) is 9.53. The molecule has 2 aromatic carbocycles. The number of urea groups is 1. The lowest BCUT2D eigenvalue weighted by Gasteiger charge is -2.26. The van der Waals surface area contributed by atoms with Gasteiger partial charge in [-0.3, -0.25) is 19.7 Å². The molecule has 0 radical (unpaired) electrons.